The second-order valence-electron chi connectivity index (χ2n) is 8.67. The summed E-state index contributed by atoms with van der Waals surface area (Å²) >= 11 is 0. The molecular weight excluding hydrogens is 437 g/mol. The second-order valence-corrected chi connectivity index (χ2v) is 8.67. The van der Waals surface area contributed by atoms with Crippen molar-refractivity contribution >= 4 is 11.6 Å². The predicted octanol–water partition coefficient (Wildman–Crippen LogP) is 3.84. The van der Waals surface area contributed by atoms with Gasteiger partial charge in [0.1, 0.15) is 11.7 Å². The number of nitrogens with two attached hydrogens (primary N) is 1. The van der Waals surface area contributed by atoms with Gasteiger partial charge in [0.2, 0.25) is 5.60 Å². The number of aliphatic hydroxyl groups is 1. The molecule has 33 heavy (non-hydrogen) atoms. The lowest BCUT2D eigenvalue weighted by Gasteiger charge is -2.21. The molecule has 3 heterocycles. The first-order valence-electron chi connectivity index (χ1n) is 10.5. The van der Waals surface area contributed by atoms with E-state index in [4.69, 9.17) is 10.3 Å². The van der Waals surface area contributed by atoms with Crippen LogP contribution < -0.4 is 5.73 Å². The molecule has 1 aromatic carbocycles. The molecule has 3 N–H and O–H groups in total. The van der Waals surface area contributed by atoms with Gasteiger partial charge in [0, 0.05) is 30.7 Å². The zero-order chi connectivity index (χ0) is 23.5. The van der Waals surface area contributed by atoms with Gasteiger partial charge in [-0.05, 0) is 36.5 Å². The van der Waals surface area contributed by atoms with Crippen molar-refractivity contribution in [3.8, 4) is 22.5 Å². The number of nitrogen functional groups attached to an aromatic ring is 1. The normalized spacial score (nSPS) is 23.4. The number of likely N-dealkylation sites (N-methyl/N-ethyl adjacent to an activating group) is 1. The number of carbonyl (C=O) groups excluding carboxylic acids is 1. The van der Waals surface area contributed by atoms with E-state index in [-0.39, 0.29) is 11.5 Å². The van der Waals surface area contributed by atoms with Crippen LogP contribution in [0.3, 0.4) is 0 Å². The van der Waals surface area contributed by atoms with Gasteiger partial charge in [0.15, 0.2) is 5.76 Å². The number of aromatic nitrogens is 2. The fraction of sp³-hybridized carbons (Fsp3) is 0.348. The summed E-state index contributed by atoms with van der Waals surface area (Å²) in [5, 5.41) is 14.7. The first-order valence-corrected chi connectivity index (χ1v) is 10.5. The molecule has 1 saturated heterocycles. The van der Waals surface area contributed by atoms with E-state index in [2.05, 4.69) is 10.1 Å². The van der Waals surface area contributed by atoms with Crippen LogP contribution in [0.25, 0.3) is 22.5 Å². The third kappa shape index (κ3) is 3.64. The average Bonchev–Trinajstić information content (AvgIpc) is 3.44. The van der Waals surface area contributed by atoms with E-state index < -0.39 is 30.1 Å². The van der Waals surface area contributed by atoms with Gasteiger partial charge in [-0.25, -0.2) is 0 Å². The van der Waals surface area contributed by atoms with Gasteiger partial charge in [-0.3, -0.25) is 9.78 Å². The van der Waals surface area contributed by atoms with Gasteiger partial charge < -0.3 is 20.3 Å². The third-order valence-electron chi connectivity index (χ3n) is 6.37. The van der Waals surface area contributed by atoms with Crippen molar-refractivity contribution in [1.29, 1.82) is 0 Å². The molecule has 0 radical (unpaired) electrons. The smallest absolute Gasteiger partial charge is 0.397 e. The highest BCUT2D eigenvalue weighted by Gasteiger charge is 2.60. The Kier molecular flexibility index (Phi) is 4.75. The molecule has 10 heteroatoms. The van der Waals surface area contributed by atoms with Gasteiger partial charge in [0.25, 0.3) is 5.91 Å². The van der Waals surface area contributed by atoms with Crippen molar-refractivity contribution in [2.75, 3.05) is 12.8 Å². The minimum absolute atomic E-state index is 0.282. The van der Waals surface area contributed by atoms with Crippen LogP contribution in [0.15, 0.2) is 47.1 Å². The van der Waals surface area contributed by atoms with Gasteiger partial charge in [-0.1, -0.05) is 23.4 Å². The first-order chi connectivity index (χ1) is 15.6. The zero-order valence-corrected chi connectivity index (χ0v) is 17.6. The minimum atomic E-state index is -4.67. The molecule has 2 atom stereocenters. The molecule has 0 spiro atoms. The monoisotopic (exact) mass is 458 g/mol. The van der Waals surface area contributed by atoms with Crippen LogP contribution in [0.4, 0.5) is 18.9 Å². The number of hydrogen-bond donors (Lipinski definition) is 2. The second kappa shape index (κ2) is 7.31. The van der Waals surface area contributed by atoms with Crippen molar-refractivity contribution in [1.82, 2.24) is 15.0 Å². The predicted molar refractivity (Wildman–Crippen MR) is 113 cm³/mol. The SMILES string of the molecule is CN1C(=O)[C@](O)(c2cc(-c3cccc(-c4cc(C5CC5)c(N)cn4)c3)no2)C[C@H]1C(F)(F)F. The molecule has 0 unspecified atom stereocenters. The van der Waals surface area contributed by atoms with Crippen LogP contribution in [-0.2, 0) is 10.4 Å². The maximum absolute atomic E-state index is 13.3. The summed E-state index contributed by atoms with van der Waals surface area (Å²) in [6, 6.07) is 8.37. The summed E-state index contributed by atoms with van der Waals surface area (Å²) in [6.45, 7) is 0. The molecule has 7 nitrogen and oxygen atoms in total. The summed E-state index contributed by atoms with van der Waals surface area (Å²) in [4.78, 5) is 17.4. The van der Waals surface area contributed by atoms with E-state index in [0.717, 1.165) is 36.7 Å². The first kappa shape index (κ1) is 21.4. The van der Waals surface area contributed by atoms with Crippen LogP contribution >= 0.6 is 0 Å². The lowest BCUT2D eigenvalue weighted by Crippen LogP contribution is -2.41. The number of hydrogen-bond acceptors (Lipinski definition) is 6. The number of amides is 1. The standard InChI is InChI=1S/C23H21F3N4O3/c1-30-19(23(24,25)26)10-22(32,21(30)31)20-9-18(29-33-20)14-4-2-3-13(7-14)17-8-15(12-5-6-12)16(27)11-28-17/h2-4,7-9,11-12,19,32H,5-6,10,27H2,1H3/t19-,22+/m0/s1. The lowest BCUT2D eigenvalue weighted by atomic mass is 9.95. The van der Waals surface area contributed by atoms with Crippen LogP contribution in [-0.4, -0.2) is 45.3 Å². The fourth-order valence-corrected chi connectivity index (χ4v) is 4.31. The molecule has 3 aromatic rings. The van der Waals surface area contributed by atoms with Crippen molar-refractivity contribution in [3.05, 3.63) is 53.9 Å². The quantitative estimate of drug-likeness (QED) is 0.616. The molecule has 2 aliphatic rings. The molecular formula is C23H21F3N4O3. The molecule has 2 fully saturated rings. The van der Waals surface area contributed by atoms with Crippen molar-refractivity contribution in [3.63, 3.8) is 0 Å². The molecule has 1 aliphatic heterocycles. The minimum Gasteiger partial charge on any atom is -0.397 e. The molecule has 0 bridgehead atoms. The third-order valence-corrected chi connectivity index (χ3v) is 6.37. The van der Waals surface area contributed by atoms with Gasteiger partial charge in [-0.2, -0.15) is 13.2 Å². The molecule has 1 aliphatic carbocycles. The van der Waals surface area contributed by atoms with Gasteiger partial charge in [-0.15, -0.1) is 0 Å². The summed E-state index contributed by atoms with van der Waals surface area (Å²) in [5.74, 6) is -0.954. The highest BCUT2D eigenvalue weighted by Crippen LogP contribution is 2.44. The number of benzene rings is 1. The Labute approximate surface area is 187 Å². The van der Waals surface area contributed by atoms with E-state index in [9.17, 15) is 23.1 Å². The number of pyridine rings is 1. The van der Waals surface area contributed by atoms with E-state index in [1.807, 2.05) is 18.2 Å². The highest BCUT2D eigenvalue weighted by atomic mass is 19.4. The summed E-state index contributed by atoms with van der Waals surface area (Å²) in [5.41, 5.74) is 7.76. The summed E-state index contributed by atoms with van der Waals surface area (Å²) < 4.78 is 44.9. The Morgan fingerprint density at radius 3 is 2.52 bits per heavy atom. The van der Waals surface area contributed by atoms with Gasteiger partial charge >= 0.3 is 6.18 Å². The number of anilines is 1. The topological polar surface area (TPSA) is 105 Å². The maximum Gasteiger partial charge on any atom is 0.408 e. The Balaban J connectivity index is 1.46. The van der Waals surface area contributed by atoms with E-state index >= 15 is 0 Å². The van der Waals surface area contributed by atoms with Gasteiger partial charge in [0.05, 0.1) is 17.6 Å². The van der Waals surface area contributed by atoms with E-state index in [1.165, 1.54) is 6.07 Å². The highest BCUT2D eigenvalue weighted by molar-refractivity contribution is 5.88. The number of carbonyl (C=O) groups is 1. The Morgan fingerprint density at radius 1 is 1.18 bits per heavy atom. The van der Waals surface area contributed by atoms with E-state index in [0.29, 0.717) is 22.1 Å². The molecule has 2 aromatic heterocycles. The Bertz CT molecular complexity index is 1240. The lowest BCUT2D eigenvalue weighted by molar-refractivity contribution is -0.177. The summed E-state index contributed by atoms with van der Waals surface area (Å²) in [6.07, 6.45) is -1.70. The van der Waals surface area contributed by atoms with E-state index in [1.54, 1.807) is 18.3 Å². The number of rotatable bonds is 4. The summed E-state index contributed by atoms with van der Waals surface area (Å²) in [7, 11) is 1.01. The van der Waals surface area contributed by atoms with Crippen LogP contribution in [0.2, 0.25) is 0 Å². The van der Waals surface area contributed by atoms with Crippen LogP contribution in [0, 0.1) is 0 Å². The molecule has 1 amide bonds. The van der Waals surface area contributed by atoms with Crippen molar-refractivity contribution < 1.29 is 27.6 Å². The molecule has 5 rings (SSSR count). The molecule has 1 saturated carbocycles. The van der Waals surface area contributed by atoms with Crippen LogP contribution in [0.1, 0.15) is 36.5 Å². The number of nitrogens with zero attached hydrogens (tertiary/aromatic N) is 3. The maximum atomic E-state index is 13.3. The van der Waals surface area contributed by atoms with Crippen LogP contribution in [0.5, 0.6) is 0 Å². The Hall–Kier alpha value is -3.40. The average molecular weight is 458 g/mol. The number of likely N-dealkylation sites (tertiary alicyclic amines) is 1. The van der Waals surface area contributed by atoms with Crippen molar-refractivity contribution in [2.45, 2.75) is 43.0 Å². The largest absolute Gasteiger partial charge is 0.408 e. The number of alkyl halides is 3. The Morgan fingerprint density at radius 2 is 1.88 bits per heavy atom. The van der Waals surface area contributed by atoms with Crippen molar-refractivity contribution in [2.24, 2.45) is 0 Å². The molecule has 172 valence electrons. The number of halogens is 3. The fourth-order valence-electron chi connectivity index (χ4n) is 4.31. The zero-order valence-electron chi connectivity index (χ0n) is 17.6.